The van der Waals surface area contributed by atoms with Crippen LogP contribution in [0.3, 0.4) is 0 Å². The summed E-state index contributed by atoms with van der Waals surface area (Å²) in [5.41, 5.74) is 0.423. The summed E-state index contributed by atoms with van der Waals surface area (Å²) in [7, 11) is 0. The second kappa shape index (κ2) is 13.8. The van der Waals surface area contributed by atoms with E-state index >= 15 is 0 Å². The number of unbranched alkanes of at least 4 members (excludes halogenated alkanes) is 13. The van der Waals surface area contributed by atoms with Crippen LogP contribution in [0.1, 0.15) is 117 Å². The van der Waals surface area contributed by atoms with Crippen molar-refractivity contribution < 1.29 is 0 Å². The first kappa shape index (κ1) is 21.6. The fraction of sp³-hybridized carbons (Fsp3) is 0.913. The van der Waals surface area contributed by atoms with Gasteiger partial charge in [0.25, 0.3) is 0 Å². The van der Waals surface area contributed by atoms with E-state index in [-0.39, 0.29) is 0 Å². The minimum Gasteiger partial charge on any atom is -0.378 e. The predicted octanol–water partition coefficient (Wildman–Crippen LogP) is 7.71. The highest BCUT2D eigenvalue weighted by Crippen LogP contribution is 2.26. The molecular weight excluding hydrogens is 290 g/mol. The van der Waals surface area contributed by atoms with Crippen molar-refractivity contribution in [3.05, 3.63) is 12.3 Å². The maximum atomic E-state index is 2.52. The van der Waals surface area contributed by atoms with Crippen LogP contribution in [0.15, 0.2) is 12.3 Å². The van der Waals surface area contributed by atoms with E-state index in [2.05, 4.69) is 37.9 Å². The molecule has 0 unspecified atom stereocenters. The zero-order valence-electron chi connectivity index (χ0n) is 17.1. The van der Waals surface area contributed by atoms with E-state index in [9.17, 15) is 0 Å². The monoisotopic (exact) mass is 335 g/mol. The molecule has 0 N–H and O–H groups in total. The molecule has 0 aromatic rings. The van der Waals surface area contributed by atoms with Crippen LogP contribution >= 0.6 is 0 Å². The normalized spacial score (nSPS) is 16.7. The Morgan fingerprint density at radius 3 is 1.58 bits per heavy atom. The van der Waals surface area contributed by atoms with E-state index in [0.717, 1.165) is 0 Å². The highest BCUT2D eigenvalue weighted by Gasteiger charge is 2.19. The zero-order chi connectivity index (χ0) is 17.5. The number of rotatable bonds is 15. The summed E-state index contributed by atoms with van der Waals surface area (Å²) < 4.78 is 0. The Balaban J connectivity index is 1.77. The maximum Gasteiger partial charge on any atom is 0.0180 e. The summed E-state index contributed by atoms with van der Waals surface area (Å²) in [6.07, 6.45) is 26.3. The molecule has 0 radical (unpaired) electrons. The molecular formula is C23H45N. The fourth-order valence-electron chi connectivity index (χ4n) is 3.59. The first-order valence-electron chi connectivity index (χ1n) is 11.1. The van der Waals surface area contributed by atoms with E-state index in [1.54, 1.807) is 0 Å². The van der Waals surface area contributed by atoms with Gasteiger partial charge in [-0.2, -0.15) is 0 Å². The van der Waals surface area contributed by atoms with E-state index in [0.29, 0.717) is 5.41 Å². The van der Waals surface area contributed by atoms with Crippen LogP contribution < -0.4 is 0 Å². The quantitative estimate of drug-likeness (QED) is 0.277. The highest BCUT2D eigenvalue weighted by atomic mass is 15.1. The van der Waals surface area contributed by atoms with Gasteiger partial charge in [0.1, 0.15) is 0 Å². The van der Waals surface area contributed by atoms with Crippen LogP contribution in [-0.4, -0.2) is 18.0 Å². The Morgan fingerprint density at radius 1 is 0.708 bits per heavy atom. The van der Waals surface area contributed by atoms with Crippen LogP contribution in [0.25, 0.3) is 0 Å². The minimum absolute atomic E-state index is 0.423. The third-order valence-electron chi connectivity index (χ3n) is 5.58. The second-order valence-electron chi connectivity index (χ2n) is 8.69. The van der Waals surface area contributed by atoms with Gasteiger partial charge in [0, 0.05) is 13.1 Å². The second-order valence-corrected chi connectivity index (χ2v) is 8.69. The molecule has 1 heteroatoms. The first-order valence-corrected chi connectivity index (χ1v) is 11.1. The van der Waals surface area contributed by atoms with Crippen molar-refractivity contribution in [2.24, 2.45) is 5.41 Å². The SMILES string of the molecule is CCCCCCCCCCCCCCCCN1C=CC(C)(C)CC1. The molecule has 1 rings (SSSR count). The third kappa shape index (κ3) is 12.0. The van der Waals surface area contributed by atoms with E-state index in [4.69, 9.17) is 0 Å². The Morgan fingerprint density at radius 2 is 1.17 bits per heavy atom. The molecule has 1 aliphatic heterocycles. The molecule has 0 aromatic carbocycles. The molecule has 1 heterocycles. The maximum absolute atomic E-state index is 2.52. The van der Waals surface area contributed by atoms with Crippen LogP contribution in [-0.2, 0) is 0 Å². The lowest BCUT2D eigenvalue weighted by Gasteiger charge is -2.32. The number of nitrogens with zero attached hydrogens (tertiary/aromatic N) is 1. The van der Waals surface area contributed by atoms with Crippen LogP contribution in [0.2, 0.25) is 0 Å². The Bertz CT molecular complexity index is 305. The van der Waals surface area contributed by atoms with Gasteiger partial charge in [0.15, 0.2) is 0 Å². The van der Waals surface area contributed by atoms with Gasteiger partial charge in [0.05, 0.1) is 0 Å². The van der Waals surface area contributed by atoms with Crippen molar-refractivity contribution in [1.82, 2.24) is 4.90 Å². The lowest BCUT2D eigenvalue weighted by molar-refractivity contribution is 0.273. The largest absolute Gasteiger partial charge is 0.378 e. The molecule has 0 fully saturated rings. The average molecular weight is 336 g/mol. The Labute approximate surface area is 153 Å². The van der Waals surface area contributed by atoms with E-state index in [1.165, 1.54) is 109 Å². The molecule has 0 amide bonds. The number of hydrogen-bond donors (Lipinski definition) is 0. The molecule has 142 valence electrons. The summed E-state index contributed by atoms with van der Waals surface area (Å²) in [4.78, 5) is 2.52. The van der Waals surface area contributed by atoms with Crippen molar-refractivity contribution in [3.63, 3.8) is 0 Å². The summed E-state index contributed by atoms with van der Waals surface area (Å²) in [5, 5.41) is 0. The van der Waals surface area contributed by atoms with Gasteiger partial charge in [0.2, 0.25) is 0 Å². The Hall–Kier alpha value is -0.460. The predicted molar refractivity (Wildman–Crippen MR) is 109 cm³/mol. The number of hydrogen-bond acceptors (Lipinski definition) is 1. The molecule has 24 heavy (non-hydrogen) atoms. The molecule has 0 aliphatic carbocycles. The van der Waals surface area contributed by atoms with Gasteiger partial charge in [-0.3, -0.25) is 0 Å². The van der Waals surface area contributed by atoms with Gasteiger partial charge in [-0.1, -0.05) is 110 Å². The summed E-state index contributed by atoms with van der Waals surface area (Å²) >= 11 is 0. The standard InChI is InChI=1S/C23H45N/c1-4-5-6-7-8-9-10-11-12-13-14-15-16-17-20-24-21-18-23(2,3)19-22-24/h18,21H,4-17,19-20,22H2,1-3H3. The fourth-order valence-corrected chi connectivity index (χ4v) is 3.59. The van der Waals surface area contributed by atoms with Crippen molar-refractivity contribution >= 4 is 0 Å². The first-order chi connectivity index (χ1) is 11.6. The highest BCUT2D eigenvalue weighted by molar-refractivity contribution is 4.99. The van der Waals surface area contributed by atoms with Crippen molar-refractivity contribution in [2.45, 2.75) is 117 Å². The molecule has 0 spiro atoms. The van der Waals surface area contributed by atoms with E-state index in [1.807, 2.05) is 0 Å². The van der Waals surface area contributed by atoms with Crippen molar-refractivity contribution in [2.75, 3.05) is 13.1 Å². The van der Waals surface area contributed by atoms with Gasteiger partial charge in [-0.05, 0) is 24.5 Å². The van der Waals surface area contributed by atoms with Gasteiger partial charge < -0.3 is 4.90 Å². The zero-order valence-corrected chi connectivity index (χ0v) is 17.1. The molecule has 0 saturated carbocycles. The molecule has 0 bridgehead atoms. The van der Waals surface area contributed by atoms with Crippen molar-refractivity contribution in [3.8, 4) is 0 Å². The lowest BCUT2D eigenvalue weighted by atomic mass is 9.87. The van der Waals surface area contributed by atoms with Crippen LogP contribution in [0, 0.1) is 5.41 Å². The Kier molecular flexibility index (Phi) is 12.4. The summed E-state index contributed by atoms with van der Waals surface area (Å²) in [6.45, 7) is 9.50. The van der Waals surface area contributed by atoms with Gasteiger partial charge in [-0.15, -0.1) is 0 Å². The molecule has 0 aromatic heterocycles. The third-order valence-corrected chi connectivity index (χ3v) is 5.58. The smallest absolute Gasteiger partial charge is 0.0180 e. The van der Waals surface area contributed by atoms with Crippen LogP contribution in [0.4, 0.5) is 0 Å². The van der Waals surface area contributed by atoms with E-state index < -0.39 is 0 Å². The van der Waals surface area contributed by atoms with Gasteiger partial charge in [-0.25, -0.2) is 0 Å². The van der Waals surface area contributed by atoms with Gasteiger partial charge >= 0.3 is 0 Å². The minimum atomic E-state index is 0.423. The molecule has 0 atom stereocenters. The molecule has 0 saturated heterocycles. The van der Waals surface area contributed by atoms with Crippen molar-refractivity contribution in [1.29, 1.82) is 0 Å². The number of allylic oxidation sites excluding steroid dienone is 1. The average Bonchev–Trinajstić information content (AvgIpc) is 2.56. The summed E-state index contributed by atoms with van der Waals surface area (Å²) in [6, 6.07) is 0. The topological polar surface area (TPSA) is 3.24 Å². The summed E-state index contributed by atoms with van der Waals surface area (Å²) in [5.74, 6) is 0. The molecule has 1 aliphatic rings. The lowest BCUT2D eigenvalue weighted by Crippen LogP contribution is -2.29. The van der Waals surface area contributed by atoms with Crippen LogP contribution in [0.5, 0.6) is 0 Å². The molecule has 1 nitrogen and oxygen atoms in total.